The molecular weight excluding hydrogens is 252 g/mol. The van der Waals surface area contributed by atoms with E-state index in [1.54, 1.807) is 13.0 Å². The van der Waals surface area contributed by atoms with Crippen LogP contribution in [0.4, 0.5) is 0 Å². The molecule has 0 fully saturated rings. The minimum atomic E-state index is -0.369. The number of hydrogen-bond acceptors (Lipinski definition) is 4. The summed E-state index contributed by atoms with van der Waals surface area (Å²) in [5.74, 6) is -0.369. The molecule has 2 aromatic rings. The average Bonchev–Trinajstić information content (AvgIpc) is 2.47. The number of aromatic nitrogens is 1. The van der Waals surface area contributed by atoms with Crippen molar-refractivity contribution in [2.75, 3.05) is 7.11 Å². The van der Waals surface area contributed by atoms with Gasteiger partial charge in [0.05, 0.1) is 30.5 Å². The van der Waals surface area contributed by atoms with Crippen LogP contribution in [0.1, 0.15) is 16.8 Å². The number of aryl methyl sites for hydroxylation is 1. The van der Waals surface area contributed by atoms with Gasteiger partial charge in [-0.25, -0.2) is 0 Å². The van der Waals surface area contributed by atoms with E-state index in [9.17, 15) is 10.1 Å². The van der Waals surface area contributed by atoms with E-state index in [0.29, 0.717) is 16.8 Å². The summed E-state index contributed by atoms with van der Waals surface area (Å²) in [5.41, 5.74) is 3.40. The molecule has 4 nitrogen and oxygen atoms in total. The second-order valence-electron chi connectivity index (χ2n) is 4.36. The molecule has 0 amide bonds. The van der Waals surface area contributed by atoms with Crippen LogP contribution in [0.3, 0.4) is 0 Å². The van der Waals surface area contributed by atoms with Gasteiger partial charge in [-0.15, -0.1) is 0 Å². The maximum atomic E-state index is 11.5. The average molecular weight is 266 g/mol. The lowest BCUT2D eigenvalue weighted by atomic mass is 10.0. The minimum absolute atomic E-state index is 0.0720. The first-order chi connectivity index (χ1) is 9.65. The van der Waals surface area contributed by atoms with Crippen LogP contribution < -0.4 is 0 Å². The second kappa shape index (κ2) is 5.98. The van der Waals surface area contributed by atoms with E-state index in [4.69, 9.17) is 0 Å². The van der Waals surface area contributed by atoms with Gasteiger partial charge < -0.3 is 4.74 Å². The molecular formula is C16H14N2O2. The topological polar surface area (TPSA) is 63.0 Å². The van der Waals surface area contributed by atoms with Gasteiger partial charge in [-0.05, 0) is 18.6 Å². The quantitative estimate of drug-likeness (QED) is 0.801. The van der Waals surface area contributed by atoms with Crippen molar-refractivity contribution in [3.63, 3.8) is 0 Å². The summed E-state index contributed by atoms with van der Waals surface area (Å²) in [5, 5.41) is 9.20. The highest BCUT2D eigenvalue weighted by molar-refractivity contribution is 5.75. The third-order valence-electron chi connectivity index (χ3n) is 3.03. The Bertz CT molecular complexity index is 673. The zero-order chi connectivity index (χ0) is 14.5. The SMILES string of the molecule is COC(=O)Cc1cc(-c2ccccc2)nc(C)c1C#N. The van der Waals surface area contributed by atoms with Crippen LogP contribution in [0.15, 0.2) is 36.4 Å². The first-order valence-corrected chi connectivity index (χ1v) is 6.18. The first-order valence-electron chi connectivity index (χ1n) is 6.18. The van der Waals surface area contributed by atoms with Crippen molar-refractivity contribution < 1.29 is 9.53 Å². The molecule has 0 unspecified atom stereocenters. The molecule has 100 valence electrons. The maximum Gasteiger partial charge on any atom is 0.310 e. The molecule has 0 radical (unpaired) electrons. The normalized spacial score (nSPS) is 9.85. The van der Waals surface area contributed by atoms with Crippen molar-refractivity contribution >= 4 is 5.97 Å². The molecule has 0 saturated carbocycles. The molecule has 0 N–H and O–H groups in total. The summed E-state index contributed by atoms with van der Waals surface area (Å²) in [7, 11) is 1.33. The minimum Gasteiger partial charge on any atom is -0.469 e. The lowest BCUT2D eigenvalue weighted by Gasteiger charge is -2.09. The van der Waals surface area contributed by atoms with Crippen LogP contribution >= 0.6 is 0 Å². The van der Waals surface area contributed by atoms with Crippen LogP contribution in [0, 0.1) is 18.3 Å². The number of carbonyl (C=O) groups is 1. The number of nitrogens with zero attached hydrogens (tertiary/aromatic N) is 2. The summed E-state index contributed by atoms with van der Waals surface area (Å²) in [6.07, 6.45) is 0.0720. The van der Waals surface area contributed by atoms with Gasteiger partial charge in [0.1, 0.15) is 6.07 Å². The van der Waals surface area contributed by atoms with Crippen molar-refractivity contribution in [3.05, 3.63) is 53.2 Å². The molecule has 0 aliphatic heterocycles. The maximum absolute atomic E-state index is 11.5. The van der Waals surface area contributed by atoms with E-state index in [0.717, 1.165) is 11.3 Å². The van der Waals surface area contributed by atoms with Crippen LogP contribution in [0.5, 0.6) is 0 Å². The van der Waals surface area contributed by atoms with E-state index in [-0.39, 0.29) is 12.4 Å². The van der Waals surface area contributed by atoms with Gasteiger partial charge in [0.25, 0.3) is 0 Å². The Hall–Kier alpha value is -2.67. The van der Waals surface area contributed by atoms with Gasteiger partial charge in [-0.3, -0.25) is 9.78 Å². The number of pyridine rings is 1. The standard InChI is InChI=1S/C16H14N2O2/c1-11-14(10-17)13(9-16(19)20-2)8-15(18-11)12-6-4-3-5-7-12/h3-8H,9H2,1-2H3. The number of nitriles is 1. The number of esters is 1. The largest absolute Gasteiger partial charge is 0.469 e. The van der Waals surface area contributed by atoms with Crippen molar-refractivity contribution in [3.8, 4) is 17.3 Å². The fourth-order valence-corrected chi connectivity index (χ4v) is 2.02. The molecule has 0 atom stereocenters. The first kappa shape index (κ1) is 13.8. The molecule has 0 saturated heterocycles. The van der Waals surface area contributed by atoms with Crippen molar-refractivity contribution in [1.82, 2.24) is 4.98 Å². The summed E-state index contributed by atoms with van der Waals surface area (Å²) in [6.45, 7) is 1.77. The van der Waals surface area contributed by atoms with Crippen LogP contribution in [0.2, 0.25) is 0 Å². The van der Waals surface area contributed by atoms with Gasteiger partial charge in [-0.1, -0.05) is 30.3 Å². The Balaban J connectivity index is 2.52. The zero-order valence-electron chi connectivity index (χ0n) is 11.4. The van der Waals surface area contributed by atoms with Gasteiger partial charge in [0, 0.05) is 5.56 Å². The zero-order valence-corrected chi connectivity index (χ0v) is 11.4. The Labute approximate surface area is 117 Å². The highest BCUT2D eigenvalue weighted by atomic mass is 16.5. The molecule has 20 heavy (non-hydrogen) atoms. The number of methoxy groups -OCH3 is 1. The number of rotatable bonds is 3. The Morgan fingerprint density at radius 2 is 2.05 bits per heavy atom. The number of benzene rings is 1. The van der Waals surface area contributed by atoms with Gasteiger partial charge in [-0.2, -0.15) is 5.26 Å². The van der Waals surface area contributed by atoms with Gasteiger partial charge in [0.15, 0.2) is 0 Å². The summed E-state index contributed by atoms with van der Waals surface area (Å²) in [4.78, 5) is 15.9. The molecule has 1 aromatic carbocycles. The lowest BCUT2D eigenvalue weighted by molar-refractivity contribution is -0.139. The van der Waals surface area contributed by atoms with E-state index >= 15 is 0 Å². The monoisotopic (exact) mass is 266 g/mol. The Morgan fingerprint density at radius 3 is 2.65 bits per heavy atom. The number of ether oxygens (including phenoxy) is 1. The lowest BCUT2D eigenvalue weighted by Crippen LogP contribution is -2.08. The van der Waals surface area contributed by atoms with Crippen molar-refractivity contribution in [2.24, 2.45) is 0 Å². The van der Waals surface area contributed by atoms with Crippen molar-refractivity contribution in [1.29, 1.82) is 5.26 Å². The Morgan fingerprint density at radius 1 is 1.35 bits per heavy atom. The molecule has 0 aliphatic rings. The van der Waals surface area contributed by atoms with E-state index < -0.39 is 0 Å². The van der Waals surface area contributed by atoms with Gasteiger partial charge >= 0.3 is 5.97 Å². The summed E-state index contributed by atoms with van der Waals surface area (Å²) >= 11 is 0. The molecule has 1 heterocycles. The molecule has 0 bridgehead atoms. The number of hydrogen-bond donors (Lipinski definition) is 0. The van der Waals surface area contributed by atoms with Crippen LogP contribution in [-0.4, -0.2) is 18.1 Å². The number of carbonyl (C=O) groups excluding carboxylic acids is 1. The summed E-state index contributed by atoms with van der Waals surface area (Å²) < 4.78 is 4.67. The van der Waals surface area contributed by atoms with Gasteiger partial charge in [0.2, 0.25) is 0 Å². The Kier molecular flexibility index (Phi) is 4.11. The highest BCUT2D eigenvalue weighted by Crippen LogP contribution is 2.22. The van der Waals surface area contributed by atoms with Crippen molar-refractivity contribution in [2.45, 2.75) is 13.3 Å². The highest BCUT2D eigenvalue weighted by Gasteiger charge is 2.14. The van der Waals surface area contributed by atoms with Crippen LogP contribution in [-0.2, 0) is 16.0 Å². The van der Waals surface area contributed by atoms with E-state index in [1.165, 1.54) is 7.11 Å². The fourth-order valence-electron chi connectivity index (χ4n) is 2.02. The predicted octanol–water partition coefficient (Wildman–Crippen LogP) is 2.64. The smallest absolute Gasteiger partial charge is 0.310 e. The molecule has 1 aromatic heterocycles. The van der Waals surface area contributed by atoms with E-state index in [2.05, 4.69) is 15.8 Å². The predicted molar refractivity (Wildman–Crippen MR) is 74.8 cm³/mol. The summed E-state index contributed by atoms with van der Waals surface area (Å²) in [6, 6.07) is 13.5. The third-order valence-corrected chi connectivity index (χ3v) is 3.03. The molecule has 0 aliphatic carbocycles. The molecule has 0 spiro atoms. The molecule has 4 heteroatoms. The fraction of sp³-hybridized carbons (Fsp3) is 0.188. The third kappa shape index (κ3) is 2.83. The second-order valence-corrected chi connectivity index (χ2v) is 4.36. The van der Waals surface area contributed by atoms with Crippen LogP contribution in [0.25, 0.3) is 11.3 Å². The van der Waals surface area contributed by atoms with E-state index in [1.807, 2.05) is 30.3 Å². The molecule has 2 rings (SSSR count).